The maximum atomic E-state index is 13.1. The number of nitrogen functional groups attached to an aromatic ring is 1. The lowest BCUT2D eigenvalue weighted by Crippen LogP contribution is -1.91. The lowest BCUT2D eigenvalue weighted by Gasteiger charge is -2.02. The first-order valence-electron chi connectivity index (χ1n) is 4.04. The molecule has 0 aromatic heterocycles. The third-order valence-electron chi connectivity index (χ3n) is 1.74. The van der Waals surface area contributed by atoms with Crippen LogP contribution in [-0.2, 0) is 0 Å². The highest BCUT2D eigenvalue weighted by atomic mass is 19.1. The number of nitrogens with zero attached hydrogens (tertiary/aromatic N) is 1. The van der Waals surface area contributed by atoms with E-state index in [1.165, 1.54) is 12.1 Å². The molecule has 0 unspecified atom stereocenters. The van der Waals surface area contributed by atoms with Crippen LogP contribution in [-0.4, -0.2) is 6.72 Å². The van der Waals surface area contributed by atoms with Crippen LogP contribution in [0.25, 0.3) is 5.70 Å². The Bertz CT molecular complexity index is 394. The van der Waals surface area contributed by atoms with E-state index in [4.69, 9.17) is 5.73 Å². The summed E-state index contributed by atoms with van der Waals surface area (Å²) in [5.41, 5.74) is 6.66. The number of aliphatic imine (C=N–C) groups is 1. The monoisotopic (exact) mass is 190 g/mol. The molecular weight excluding hydrogens is 179 g/mol. The standard InChI is InChI=1S/C11H11FN2/c1-3-4-11(14-2)8-5-6-10(13)9(12)7-8/h3-7H,1-2,13H2/b11-4-. The van der Waals surface area contributed by atoms with Gasteiger partial charge in [-0.2, -0.15) is 0 Å². The molecule has 1 aromatic carbocycles. The molecular formula is C11H11FN2. The van der Waals surface area contributed by atoms with Crippen LogP contribution >= 0.6 is 0 Å². The fourth-order valence-corrected chi connectivity index (χ4v) is 1.04. The second-order valence-electron chi connectivity index (χ2n) is 2.68. The van der Waals surface area contributed by atoms with Gasteiger partial charge in [0, 0.05) is 5.56 Å². The predicted molar refractivity (Wildman–Crippen MR) is 58.5 cm³/mol. The van der Waals surface area contributed by atoms with E-state index >= 15 is 0 Å². The van der Waals surface area contributed by atoms with Gasteiger partial charge in [-0.05, 0) is 24.9 Å². The Morgan fingerprint density at radius 3 is 2.71 bits per heavy atom. The van der Waals surface area contributed by atoms with Gasteiger partial charge < -0.3 is 5.73 Å². The van der Waals surface area contributed by atoms with Crippen LogP contribution in [0.4, 0.5) is 10.1 Å². The molecule has 0 fully saturated rings. The van der Waals surface area contributed by atoms with E-state index in [1.807, 2.05) is 0 Å². The average Bonchev–Trinajstić information content (AvgIpc) is 2.19. The zero-order chi connectivity index (χ0) is 10.6. The van der Waals surface area contributed by atoms with E-state index in [9.17, 15) is 4.39 Å². The molecule has 2 N–H and O–H groups in total. The summed E-state index contributed by atoms with van der Waals surface area (Å²) in [6.45, 7) is 6.92. The molecule has 0 atom stereocenters. The molecule has 0 amide bonds. The summed E-state index contributed by atoms with van der Waals surface area (Å²) in [4.78, 5) is 3.75. The summed E-state index contributed by atoms with van der Waals surface area (Å²) in [5.74, 6) is -0.457. The number of halogens is 1. The summed E-state index contributed by atoms with van der Waals surface area (Å²) in [6.07, 6.45) is 3.22. The Morgan fingerprint density at radius 1 is 1.50 bits per heavy atom. The van der Waals surface area contributed by atoms with Gasteiger partial charge in [-0.1, -0.05) is 18.7 Å². The maximum absolute atomic E-state index is 13.1. The molecule has 0 saturated carbocycles. The van der Waals surface area contributed by atoms with E-state index in [0.29, 0.717) is 11.3 Å². The van der Waals surface area contributed by atoms with Crippen LogP contribution in [0.2, 0.25) is 0 Å². The number of rotatable bonds is 3. The minimum Gasteiger partial charge on any atom is -0.396 e. The van der Waals surface area contributed by atoms with Crippen molar-refractivity contribution in [2.24, 2.45) is 4.99 Å². The molecule has 0 aliphatic heterocycles. The van der Waals surface area contributed by atoms with Gasteiger partial charge in [0.05, 0.1) is 11.4 Å². The van der Waals surface area contributed by atoms with E-state index in [1.54, 1.807) is 18.2 Å². The molecule has 0 aliphatic carbocycles. The first kappa shape index (κ1) is 10.2. The number of hydrogen-bond acceptors (Lipinski definition) is 2. The number of allylic oxidation sites excluding steroid dienone is 2. The summed E-state index contributed by atoms with van der Waals surface area (Å²) >= 11 is 0. The largest absolute Gasteiger partial charge is 0.396 e. The lowest BCUT2D eigenvalue weighted by molar-refractivity contribution is 0.632. The first-order chi connectivity index (χ1) is 6.69. The van der Waals surface area contributed by atoms with Crippen molar-refractivity contribution < 1.29 is 4.39 Å². The van der Waals surface area contributed by atoms with Gasteiger partial charge in [-0.15, -0.1) is 0 Å². The summed E-state index contributed by atoms with van der Waals surface area (Å²) in [5, 5.41) is 0. The van der Waals surface area contributed by atoms with Gasteiger partial charge in [0.1, 0.15) is 5.82 Å². The molecule has 0 saturated heterocycles. The second-order valence-corrected chi connectivity index (χ2v) is 2.68. The topological polar surface area (TPSA) is 38.4 Å². The highest BCUT2D eigenvalue weighted by Crippen LogP contribution is 2.19. The Labute approximate surface area is 82.3 Å². The minimum atomic E-state index is -0.457. The SMILES string of the molecule is C=C/C=C(\N=C)c1ccc(N)c(F)c1. The third-order valence-corrected chi connectivity index (χ3v) is 1.74. The van der Waals surface area contributed by atoms with Crippen molar-refractivity contribution in [3.05, 3.63) is 48.3 Å². The molecule has 0 radical (unpaired) electrons. The van der Waals surface area contributed by atoms with Crippen molar-refractivity contribution in [2.45, 2.75) is 0 Å². The van der Waals surface area contributed by atoms with Crippen molar-refractivity contribution in [3.8, 4) is 0 Å². The fourth-order valence-electron chi connectivity index (χ4n) is 1.04. The summed E-state index contributed by atoms with van der Waals surface area (Å²) < 4.78 is 13.1. The van der Waals surface area contributed by atoms with Gasteiger partial charge in [0.15, 0.2) is 0 Å². The van der Waals surface area contributed by atoms with Crippen molar-refractivity contribution in [1.82, 2.24) is 0 Å². The molecule has 0 aliphatic rings. The third kappa shape index (κ3) is 2.07. The molecule has 0 bridgehead atoms. The fraction of sp³-hybridized carbons (Fsp3) is 0. The van der Waals surface area contributed by atoms with Crippen molar-refractivity contribution >= 4 is 18.1 Å². The van der Waals surface area contributed by atoms with Gasteiger partial charge in [-0.3, -0.25) is 4.99 Å². The van der Waals surface area contributed by atoms with Crippen LogP contribution < -0.4 is 5.73 Å². The number of hydrogen-bond donors (Lipinski definition) is 1. The van der Waals surface area contributed by atoms with E-state index in [0.717, 1.165) is 0 Å². The number of nitrogens with two attached hydrogens (primary N) is 1. The average molecular weight is 190 g/mol. The quantitative estimate of drug-likeness (QED) is 0.444. The Kier molecular flexibility index (Phi) is 3.18. The summed E-state index contributed by atoms with van der Waals surface area (Å²) in [6, 6.07) is 4.49. The highest BCUT2D eigenvalue weighted by Gasteiger charge is 2.02. The predicted octanol–water partition coefficient (Wildman–Crippen LogP) is 2.64. The maximum Gasteiger partial charge on any atom is 0.146 e. The molecule has 0 heterocycles. The van der Waals surface area contributed by atoms with Crippen molar-refractivity contribution in [3.63, 3.8) is 0 Å². The van der Waals surface area contributed by atoms with E-state index in [2.05, 4.69) is 18.3 Å². The molecule has 72 valence electrons. The number of anilines is 1. The van der Waals surface area contributed by atoms with Gasteiger partial charge in [-0.25, -0.2) is 4.39 Å². The van der Waals surface area contributed by atoms with Gasteiger partial charge in [0.25, 0.3) is 0 Å². The zero-order valence-corrected chi connectivity index (χ0v) is 7.70. The normalized spacial score (nSPS) is 11.1. The Hall–Kier alpha value is -1.90. The molecule has 14 heavy (non-hydrogen) atoms. The van der Waals surface area contributed by atoms with Gasteiger partial charge in [0.2, 0.25) is 0 Å². The minimum absolute atomic E-state index is 0.121. The second kappa shape index (κ2) is 4.37. The zero-order valence-electron chi connectivity index (χ0n) is 7.70. The lowest BCUT2D eigenvalue weighted by atomic mass is 10.1. The van der Waals surface area contributed by atoms with Crippen LogP contribution in [0.5, 0.6) is 0 Å². The number of benzene rings is 1. The molecule has 2 nitrogen and oxygen atoms in total. The summed E-state index contributed by atoms with van der Waals surface area (Å²) in [7, 11) is 0. The Morgan fingerprint density at radius 2 is 2.21 bits per heavy atom. The van der Waals surface area contributed by atoms with Crippen LogP contribution in [0.1, 0.15) is 5.56 Å². The molecule has 0 spiro atoms. The van der Waals surface area contributed by atoms with E-state index < -0.39 is 5.82 Å². The smallest absolute Gasteiger partial charge is 0.146 e. The van der Waals surface area contributed by atoms with Crippen LogP contribution in [0, 0.1) is 5.82 Å². The van der Waals surface area contributed by atoms with E-state index in [-0.39, 0.29) is 5.69 Å². The van der Waals surface area contributed by atoms with Crippen LogP contribution in [0.15, 0.2) is 41.9 Å². The van der Waals surface area contributed by atoms with Crippen LogP contribution in [0.3, 0.4) is 0 Å². The van der Waals surface area contributed by atoms with Crippen molar-refractivity contribution in [1.29, 1.82) is 0 Å². The highest BCUT2D eigenvalue weighted by molar-refractivity contribution is 5.70. The first-order valence-corrected chi connectivity index (χ1v) is 4.04. The molecule has 3 heteroatoms. The molecule has 1 aromatic rings. The van der Waals surface area contributed by atoms with Crippen molar-refractivity contribution in [2.75, 3.05) is 5.73 Å². The molecule has 1 rings (SSSR count). The Balaban J connectivity index is 3.18. The van der Waals surface area contributed by atoms with Gasteiger partial charge >= 0.3 is 0 Å².